The van der Waals surface area contributed by atoms with Gasteiger partial charge in [0.2, 0.25) is 10.0 Å². The van der Waals surface area contributed by atoms with Crippen LogP contribution in [0, 0.1) is 0 Å². The Morgan fingerprint density at radius 1 is 1.38 bits per heavy atom. The van der Waals surface area contributed by atoms with E-state index in [0.717, 1.165) is 10.9 Å². The van der Waals surface area contributed by atoms with Crippen molar-refractivity contribution in [2.24, 2.45) is 0 Å². The Hall–Kier alpha value is -2.33. The summed E-state index contributed by atoms with van der Waals surface area (Å²) in [5, 5.41) is 8.13. The molecule has 1 aromatic heterocycles. The Bertz CT molecular complexity index is 893. The zero-order valence-electron chi connectivity index (χ0n) is 13.3. The maximum absolute atomic E-state index is 12.2. The number of esters is 1. The van der Waals surface area contributed by atoms with E-state index in [1.54, 1.807) is 31.2 Å². The fourth-order valence-electron chi connectivity index (χ4n) is 1.96. The molecule has 1 heterocycles. The molecule has 9 nitrogen and oxygen atoms in total. The van der Waals surface area contributed by atoms with E-state index in [4.69, 9.17) is 4.74 Å². The van der Waals surface area contributed by atoms with E-state index in [9.17, 15) is 18.0 Å². The molecule has 0 saturated carbocycles. The number of hydrogen-bond donors (Lipinski definition) is 1. The van der Waals surface area contributed by atoms with Gasteiger partial charge < -0.3 is 4.74 Å². The lowest BCUT2D eigenvalue weighted by Gasteiger charge is -2.13. The average Bonchev–Trinajstić information content (AvgIpc) is 2.52. The zero-order valence-corrected chi connectivity index (χ0v) is 14.1. The number of nitrogens with zero attached hydrogens (tertiary/aromatic N) is 3. The summed E-state index contributed by atoms with van der Waals surface area (Å²) in [5.74, 6) is -0.556. The molecule has 10 heteroatoms. The normalized spacial score (nSPS) is 12.9. The highest BCUT2D eigenvalue weighted by Gasteiger charge is 2.13. The molecule has 1 atom stereocenters. The lowest BCUT2D eigenvalue weighted by molar-refractivity contribution is -0.148. The number of ether oxygens (including phenoxy) is 1. The van der Waals surface area contributed by atoms with Gasteiger partial charge >= 0.3 is 5.97 Å². The van der Waals surface area contributed by atoms with Crippen molar-refractivity contribution in [1.29, 1.82) is 0 Å². The van der Waals surface area contributed by atoms with Crippen LogP contribution in [-0.2, 0) is 26.1 Å². The minimum atomic E-state index is -3.34. The second kappa shape index (κ2) is 7.49. The monoisotopic (exact) mass is 354 g/mol. The fourth-order valence-corrected chi connectivity index (χ4v) is 2.50. The van der Waals surface area contributed by atoms with Crippen molar-refractivity contribution in [2.75, 3.05) is 12.8 Å². The first-order valence-corrected chi connectivity index (χ1v) is 9.12. The standard InChI is InChI=1S/C14H18N4O5S/c1-10(9-15-24(2,21)22)23-13(19)7-8-18-14(20)11-5-3-4-6-12(11)16-17-18/h3-6,10,15H,7-9H2,1-2H3/t10-/m0/s1. The van der Waals surface area contributed by atoms with Crippen molar-refractivity contribution < 1.29 is 17.9 Å². The summed E-state index contributed by atoms with van der Waals surface area (Å²) in [6.45, 7) is 1.58. The predicted molar refractivity (Wildman–Crippen MR) is 86.8 cm³/mol. The largest absolute Gasteiger partial charge is 0.461 e. The molecule has 0 aliphatic carbocycles. The number of fused-ring (bicyclic) bond motifs is 1. The van der Waals surface area contributed by atoms with Crippen LogP contribution >= 0.6 is 0 Å². The Labute approximate surface area is 138 Å². The number of rotatable bonds is 7. The van der Waals surface area contributed by atoms with Crippen molar-refractivity contribution in [2.45, 2.75) is 26.0 Å². The zero-order chi connectivity index (χ0) is 17.7. The smallest absolute Gasteiger partial charge is 0.307 e. The molecule has 0 aliphatic heterocycles. The molecule has 0 aliphatic rings. The van der Waals surface area contributed by atoms with Gasteiger partial charge in [-0.3, -0.25) is 9.59 Å². The number of carbonyl (C=O) groups is 1. The average molecular weight is 354 g/mol. The first-order chi connectivity index (χ1) is 11.3. The van der Waals surface area contributed by atoms with Gasteiger partial charge in [0.1, 0.15) is 11.6 Å². The third kappa shape index (κ3) is 5.10. The molecule has 0 amide bonds. The molecule has 0 bridgehead atoms. The van der Waals surface area contributed by atoms with Crippen molar-refractivity contribution in [1.82, 2.24) is 19.7 Å². The SMILES string of the molecule is C[C@@H](CNS(C)(=O)=O)OC(=O)CCn1nnc2ccccc2c1=O. The van der Waals surface area contributed by atoms with Crippen LogP contribution in [0.3, 0.4) is 0 Å². The van der Waals surface area contributed by atoms with Gasteiger partial charge in [0.05, 0.1) is 24.6 Å². The van der Waals surface area contributed by atoms with Crippen LogP contribution in [0.25, 0.3) is 10.9 Å². The second-order valence-corrected chi connectivity index (χ2v) is 7.14. The quantitative estimate of drug-likeness (QED) is 0.675. The van der Waals surface area contributed by atoms with Crippen LogP contribution in [-0.4, -0.2) is 48.3 Å². The third-order valence-corrected chi connectivity index (χ3v) is 3.81. The van der Waals surface area contributed by atoms with Gasteiger partial charge in [0, 0.05) is 6.54 Å². The molecular weight excluding hydrogens is 336 g/mol. The summed E-state index contributed by atoms with van der Waals surface area (Å²) < 4.78 is 30.4. The Morgan fingerprint density at radius 3 is 2.79 bits per heavy atom. The van der Waals surface area contributed by atoms with E-state index in [2.05, 4.69) is 15.0 Å². The maximum atomic E-state index is 12.2. The van der Waals surface area contributed by atoms with Gasteiger partial charge in [-0.05, 0) is 19.1 Å². The maximum Gasteiger partial charge on any atom is 0.307 e. The third-order valence-electron chi connectivity index (χ3n) is 3.12. The molecule has 1 N–H and O–H groups in total. The van der Waals surface area contributed by atoms with Crippen molar-refractivity contribution >= 4 is 26.9 Å². The Morgan fingerprint density at radius 2 is 2.08 bits per heavy atom. The molecule has 130 valence electrons. The van der Waals surface area contributed by atoms with E-state index in [-0.39, 0.29) is 25.1 Å². The fraction of sp³-hybridized carbons (Fsp3) is 0.429. The highest BCUT2D eigenvalue weighted by molar-refractivity contribution is 7.88. The molecule has 0 saturated heterocycles. The number of sulfonamides is 1. The summed E-state index contributed by atoms with van der Waals surface area (Å²) in [6.07, 6.45) is 0.328. The molecular formula is C14H18N4O5S. The summed E-state index contributed by atoms with van der Waals surface area (Å²) >= 11 is 0. The minimum absolute atomic E-state index is 0.0136. The predicted octanol–water partition coefficient (Wildman–Crippen LogP) is -0.337. The number of benzene rings is 1. The van der Waals surface area contributed by atoms with Crippen molar-refractivity contribution in [3.63, 3.8) is 0 Å². The van der Waals surface area contributed by atoms with Crippen LogP contribution in [0.2, 0.25) is 0 Å². The summed E-state index contributed by atoms with van der Waals surface area (Å²) in [6, 6.07) is 6.80. The Balaban J connectivity index is 1.92. The second-order valence-electron chi connectivity index (χ2n) is 5.31. The molecule has 0 unspecified atom stereocenters. The number of aryl methyl sites for hydroxylation is 1. The van der Waals surface area contributed by atoms with Gasteiger partial charge in [-0.15, -0.1) is 5.10 Å². The number of aromatic nitrogens is 3. The van der Waals surface area contributed by atoms with Gasteiger partial charge in [-0.25, -0.2) is 17.8 Å². The first kappa shape index (κ1) is 18.0. The summed E-state index contributed by atoms with van der Waals surface area (Å²) in [7, 11) is -3.34. The van der Waals surface area contributed by atoms with E-state index < -0.39 is 22.1 Å². The molecule has 24 heavy (non-hydrogen) atoms. The van der Waals surface area contributed by atoms with E-state index >= 15 is 0 Å². The molecule has 0 fully saturated rings. The molecule has 0 radical (unpaired) electrons. The van der Waals surface area contributed by atoms with Crippen LogP contribution in [0.4, 0.5) is 0 Å². The first-order valence-electron chi connectivity index (χ1n) is 7.23. The van der Waals surface area contributed by atoms with Crippen LogP contribution in [0.15, 0.2) is 29.1 Å². The molecule has 1 aromatic carbocycles. The Kier molecular flexibility index (Phi) is 5.62. The number of nitrogens with one attached hydrogen (secondary N) is 1. The topological polar surface area (TPSA) is 120 Å². The van der Waals surface area contributed by atoms with Gasteiger partial charge in [0.15, 0.2) is 0 Å². The van der Waals surface area contributed by atoms with Crippen LogP contribution in [0.1, 0.15) is 13.3 Å². The highest BCUT2D eigenvalue weighted by Crippen LogP contribution is 2.04. The molecule has 0 spiro atoms. The van der Waals surface area contributed by atoms with Crippen molar-refractivity contribution in [3.8, 4) is 0 Å². The number of carbonyl (C=O) groups excluding carboxylic acids is 1. The van der Waals surface area contributed by atoms with Crippen LogP contribution in [0.5, 0.6) is 0 Å². The van der Waals surface area contributed by atoms with Gasteiger partial charge in [-0.1, -0.05) is 17.3 Å². The van der Waals surface area contributed by atoms with E-state index in [1.807, 2.05) is 0 Å². The lowest BCUT2D eigenvalue weighted by atomic mass is 10.2. The van der Waals surface area contributed by atoms with E-state index in [0.29, 0.717) is 10.9 Å². The van der Waals surface area contributed by atoms with Gasteiger partial charge in [-0.2, -0.15) is 0 Å². The highest BCUT2D eigenvalue weighted by atomic mass is 32.2. The van der Waals surface area contributed by atoms with Crippen LogP contribution < -0.4 is 10.3 Å². The van der Waals surface area contributed by atoms with E-state index in [1.165, 1.54) is 0 Å². The van der Waals surface area contributed by atoms with Gasteiger partial charge in [0.25, 0.3) is 5.56 Å². The molecule has 2 rings (SSSR count). The summed E-state index contributed by atoms with van der Waals surface area (Å²) in [4.78, 5) is 24.0. The molecule has 2 aromatic rings. The van der Waals surface area contributed by atoms with Crippen molar-refractivity contribution in [3.05, 3.63) is 34.6 Å². The minimum Gasteiger partial charge on any atom is -0.461 e. The lowest BCUT2D eigenvalue weighted by Crippen LogP contribution is -2.33. The number of hydrogen-bond acceptors (Lipinski definition) is 7. The summed E-state index contributed by atoms with van der Waals surface area (Å²) in [5.41, 5.74) is 0.155.